The molecule has 4 nitrogen and oxygen atoms in total. The molecule has 1 heterocycles. The number of hydrogen-bond acceptors (Lipinski definition) is 5. The Labute approximate surface area is 124 Å². The van der Waals surface area contributed by atoms with E-state index in [9.17, 15) is 0 Å². The summed E-state index contributed by atoms with van der Waals surface area (Å²) in [6.45, 7) is 2.81. The van der Waals surface area contributed by atoms with Gasteiger partial charge in [0.25, 0.3) is 0 Å². The molecule has 4 N–H and O–H groups in total. The van der Waals surface area contributed by atoms with Crippen molar-refractivity contribution in [3.05, 3.63) is 46.2 Å². The molecule has 0 saturated heterocycles. The Kier molecular flexibility index (Phi) is 5.64. The van der Waals surface area contributed by atoms with Crippen LogP contribution in [-0.2, 0) is 6.42 Å². The van der Waals surface area contributed by atoms with Crippen LogP contribution in [0.1, 0.15) is 47.3 Å². The van der Waals surface area contributed by atoms with Crippen LogP contribution >= 0.6 is 11.5 Å². The minimum Gasteiger partial charge on any atom is -0.330 e. The van der Waals surface area contributed by atoms with Crippen LogP contribution < -0.4 is 11.5 Å². The van der Waals surface area contributed by atoms with Gasteiger partial charge in [0.2, 0.25) is 0 Å². The standard InChI is InChI=1S/C15H22N4S/c1-11-5-7-12(8-6-11)10-14-18-15(20-19-14)13(17)4-2-3-9-16/h5-8,13H,2-4,9-10,16-17H2,1H3. The molecule has 0 spiro atoms. The predicted octanol–water partition coefficient (Wildman–Crippen LogP) is 2.57. The summed E-state index contributed by atoms with van der Waals surface area (Å²) in [7, 11) is 0. The second kappa shape index (κ2) is 7.47. The number of benzene rings is 1. The van der Waals surface area contributed by atoms with Crippen molar-refractivity contribution in [3.8, 4) is 0 Å². The van der Waals surface area contributed by atoms with Gasteiger partial charge >= 0.3 is 0 Å². The van der Waals surface area contributed by atoms with E-state index in [1.54, 1.807) is 0 Å². The highest BCUT2D eigenvalue weighted by molar-refractivity contribution is 7.05. The molecule has 1 atom stereocenters. The topological polar surface area (TPSA) is 77.8 Å². The summed E-state index contributed by atoms with van der Waals surface area (Å²) < 4.78 is 4.41. The lowest BCUT2D eigenvalue weighted by Crippen LogP contribution is -2.11. The lowest BCUT2D eigenvalue weighted by Gasteiger charge is -2.06. The van der Waals surface area contributed by atoms with Crippen LogP contribution in [0.5, 0.6) is 0 Å². The second-order valence-electron chi connectivity index (χ2n) is 5.10. The number of unbranched alkanes of at least 4 members (excludes halogenated alkanes) is 1. The Morgan fingerprint density at radius 1 is 1.20 bits per heavy atom. The van der Waals surface area contributed by atoms with E-state index in [-0.39, 0.29) is 6.04 Å². The normalized spacial score (nSPS) is 12.6. The largest absolute Gasteiger partial charge is 0.330 e. The van der Waals surface area contributed by atoms with Crippen molar-refractivity contribution in [3.63, 3.8) is 0 Å². The maximum Gasteiger partial charge on any atom is 0.147 e. The average Bonchev–Trinajstić information content (AvgIpc) is 2.90. The van der Waals surface area contributed by atoms with E-state index in [1.807, 2.05) is 0 Å². The number of nitrogens with two attached hydrogens (primary N) is 2. The maximum atomic E-state index is 6.13. The van der Waals surface area contributed by atoms with E-state index < -0.39 is 0 Å². The molecule has 1 unspecified atom stereocenters. The first kappa shape index (κ1) is 15.1. The number of aryl methyl sites for hydroxylation is 1. The van der Waals surface area contributed by atoms with Gasteiger partial charge in [-0.3, -0.25) is 0 Å². The minimum absolute atomic E-state index is 0.00850. The van der Waals surface area contributed by atoms with Crippen LogP contribution in [0.4, 0.5) is 0 Å². The molecule has 0 radical (unpaired) electrons. The van der Waals surface area contributed by atoms with Gasteiger partial charge in [-0.25, -0.2) is 4.98 Å². The molecule has 0 fully saturated rings. The van der Waals surface area contributed by atoms with E-state index in [0.29, 0.717) is 0 Å². The van der Waals surface area contributed by atoms with Crippen molar-refractivity contribution < 1.29 is 0 Å². The Morgan fingerprint density at radius 2 is 1.95 bits per heavy atom. The van der Waals surface area contributed by atoms with Gasteiger partial charge in [-0.2, -0.15) is 4.37 Å². The Balaban J connectivity index is 1.93. The minimum atomic E-state index is -0.00850. The van der Waals surface area contributed by atoms with Crippen LogP contribution in [0.25, 0.3) is 0 Å². The number of nitrogens with zero attached hydrogens (tertiary/aromatic N) is 2. The molecular formula is C15H22N4S. The lowest BCUT2D eigenvalue weighted by atomic mass is 10.1. The molecule has 0 aliphatic heterocycles. The second-order valence-corrected chi connectivity index (χ2v) is 5.89. The van der Waals surface area contributed by atoms with E-state index in [4.69, 9.17) is 11.5 Å². The Morgan fingerprint density at radius 3 is 2.65 bits per heavy atom. The molecule has 20 heavy (non-hydrogen) atoms. The van der Waals surface area contributed by atoms with Crippen LogP contribution in [-0.4, -0.2) is 15.9 Å². The first-order valence-corrected chi connectivity index (χ1v) is 7.80. The zero-order chi connectivity index (χ0) is 14.4. The Bertz CT molecular complexity index is 521. The molecule has 1 aromatic carbocycles. The first-order valence-electron chi connectivity index (χ1n) is 7.02. The number of rotatable bonds is 7. The highest BCUT2D eigenvalue weighted by Gasteiger charge is 2.12. The van der Waals surface area contributed by atoms with Gasteiger partial charge in [0.1, 0.15) is 10.8 Å². The number of hydrogen-bond donors (Lipinski definition) is 2. The highest BCUT2D eigenvalue weighted by atomic mass is 32.1. The zero-order valence-electron chi connectivity index (χ0n) is 11.9. The molecule has 0 bridgehead atoms. The first-order chi connectivity index (χ1) is 9.69. The highest BCUT2D eigenvalue weighted by Crippen LogP contribution is 2.19. The summed E-state index contributed by atoms with van der Waals surface area (Å²) in [5, 5.41) is 0.934. The Hall–Kier alpha value is -1.30. The molecule has 2 aromatic rings. The molecular weight excluding hydrogens is 268 g/mol. The number of aromatic nitrogens is 2. The van der Waals surface area contributed by atoms with Gasteiger partial charge < -0.3 is 11.5 Å². The molecule has 0 aliphatic rings. The van der Waals surface area contributed by atoms with Crippen molar-refractivity contribution in [1.82, 2.24) is 9.36 Å². The molecule has 2 rings (SSSR count). The molecule has 5 heteroatoms. The van der Waals surface area contributed by atoms with Gasteiger partial charge in [0, 0.05) is 6.42 Å². The van der Waals surface area contributed by atoms with E-state index in [2.05, 4.69) is 40.5 Å². The fraction of sp³-hybridized carbons (Fsp3) is 0.467. The van der Waals surface area contributed by atoms with Crippen LogP contribution in [0.2, 0.25) is 0 Å². The molecule has 1 aromatic heterocycles. The quantitative estimate of drug-likeness (QED) is 0.768. The van der Waals surface area contributed by atoms with E-state index in [1.165, 1.54) is 22.7 Å². The monoisotopic (exact) mass is 290 g/mol. The third-order valence-electron chi connectivity index (χ3n) is 3.25. The summed E-state index contributed by atoms with van der Waals surface area (Å²) in [5.74, 6) is 0.864. The van der Waals surface area contributed by atoms with Gasteiger partial charge in [-0.1, -0.05) is 36.2 Å². The molecule has 0 saturated carbocycles. The summed E-state index contributed by atoms with van der Waals surface area (Å²) in [6, 6.07) is 8.46. The lowest BCUT2D eigenvalue weighted by molar-refractivity contribution is 0.587. The van der Waals surface area contributed by atoms with E-state index >= 15 is 0 Å². The molecule has 0 amide bonds. The van der Waals surface area contributed by atoms with Crippen molar-refractivity contribution in [2.75, 3.05) is 6.54 Å². The van der Waals surface area contributed by atoms with Gasteiger partial charge in [-0.05, 0) is 43.4 Å². The average molecular weight is 290 g/mol. The van der Waals surface area contributed by atoms with Crippen LogP contribution in [0.3, 0.4) is 0 Å². The smallest absolute Gasteiger partial charge is 0.147 e. The van der Waals surface area contributed by atoms with Crippen molar-refractivity contribution in [2.45, 2.75) is 38.6 Å². The van der Waals surface area contributed by atoms with Crippen molar-refractivity contribution in [2.24, 2.45) is 11.5 Å². The summed E-state index contributed by atoms with van der Waals surface area (Å²) in [6.07, 6.45) is 3.76. The summed E-state index contributed by atoms with van der Waals surface area (Å²) in [5.41, 5.74) is 14.1. The predicted molar refractivity (Wildman–Crippen MR) is 83.7 cm³/mol. The van der Waals surface area contributed by atoms with Crippen LogP contribution in [0, 0.1) is 6.92 Å². The van der Waals surface area contributed by atoms with Gasteiger partial charge in [0.15, 0.2) is 0 Å². The van der Waals surface area contributed by atoms with Gasteiger partial charge in [-0.15, -0.1) is 0 Å². The third kappa shape index (κ3) is 4.37. The van der Waals surface area contributed by atoms with Crippen LogP contribution in [0.15, 0.2) is 24.3 Å². The van der Waals surface area contributed by atoms with Crippen molar-refractivity contribution in [1.29, 1.82) is 0 Å². The third-order valence-corrected chi connectivity index (χ3v) is 4.14. The van der Waals surface area contributed by atoms with Gasteiger partial charge in [0.05, 0.1) is 6.04 Å². The molecule has 0 aliphatic carbocycles. The fourth-order valence-electron chi connectivity index (χ4n) is 2.01. The van der Waals surface area contributed by atoms with Crippen molar-refractivity contribution >= 4 is 11.5 Å². The maximum absolute atomic E-state index is 6.13. The fourth-order valence-corrected chi connectivity index (χ4v) is 2.71. The molecule has 108 valence electrons. The summed E-state index contributed by atoms with van der Waals surface area (Å²) in [4.78, 5) is 4.56. The zero-order valence-corrected chi connectivity index (χ0v) is 12.7. The summed E-state index contributed by atoms with van der Waals surface area (Å²) >= 11 is 1.42. The SMILES string of the molecule is Cc1ccc(Cc2nsc(C(N)CCCCN)n2)cc1. The van der Waals surface area contributed by atoms with E-state index in [0.717, 1.165) is 43.1 Å².